The Labute approximate surface area is 114 Å². The number of nitrogens with zero attached hydrogens (tertiary/aromatic N) is 3. The van der Waals surface area contributed by atoms with Gasteiger partial charge in [0.2, 0.25) is 10.0 Å². The predicted molar refractivity (Wildman–Crippen MR) is 75.3 cm³/mol. The minimum atomic E-state index is -3.65. The molecule has 0 atom stereocenters. The molecule has 1 aromatic rings. The van der Waals surface area contributed by atoms with Crippen molar-refractivity contribution in [1.82, 2.24) is 19.4 Å². The summed E-state index contributed by atoms with van der Waals surface area (Å²) in [5.74, 6) is 0.0233. The molecule has 0 aliphatic rings. The molecule has 110 valence electrons. The van der Waals surface area contributed by atoms with E-state index in [-0.39, 0.29) is 22.8 Å². The number of rotatable bonds is 5. The van der Waals surface area contributed by atoms with E-state index in [9.17, 15) is 8.42 Å². The van der Waals surface area contributed by atoms with Crippen LogP contribution in [0.2, 0.25) is 0 Å². The van der Waals surface area contributed by atoms with Crippen molar-refractivity contribution in [2.45, 2.75) is 31.2 Å². The van der Waals surface area contributed by atoms with Gasteiger partial charge in [0.15, 0.2) is 5.82 Å². The zero-order chi connectivity index (χ0) is 15.0. The molecular weight excluding hydrogens is 266 g/mol. The van der Waals surface area contributed by atoms with Crippen LogP contribution < -0.4 is 10.5 Å². The van der Waals surface area contributed by atoms with Gasteiger partial charge in [-0.25, -0.2) is 13.1 Å². The number of nitrogens with two attached hydrogens (primary N) is 1. The Morgan fingerprint density at radius 1 is 1.42 bits per heavy atom. The summed E-state index contributed by atoms with van der Waals surface area (Å²) in [6.45, 7) is 5.87. The maximum Gasteiger partial charge on any atom is 0.246 e. The van der Waals surface area contributed by atoms with Gasteiger partial charge in [0.1, 0.15) is 4.90 Å². The summed E-state index contributed by atoms with van der Waals surface area (Å²) in [4.78, 5) is 2.01. The van der Waals surface area contributed by atoms with Crippen molar-refractivity contribution < 1.29 is 8.42 Å². The van der Waals surface area contributed by atoms with Crippen LogP contribution >= 0.6 is 0 Å². The molecule has 0 unspecified atom stereocenters. The van der Waals surface area contributed by atoms with E-state index in [1.165, 1.54) is 4.68 Å². The van der Waals surface area contributed by atoms with Crippen LogP contribution in [0, 0.1) is 6.92 Å². The van der Waals surface area contributed by atoms with Crippen LogP contribution in [-0.2, 0) is 17.1 Å². The second-order valence-corrected chi connectivity index (χ2v) is 7.16. The fraction of sp³-hybridized carbons (Fsp3) is 0.727. The van der Waals surface area contributed by atoms with Crippen molar-refractivity contribution in [3.8, 4) is 0 Å². The van der Waals surface area contributed by atoms with Gasteiger partial charge in [-0.05, 0) is 34.9 Å². The van der Waals surface area contributed by atoms with E-state index < -0.39 is 10.0 Å². The van der Waals surface area contributed by atoms with Gasteiger partial charge in [0, 0.05) is 19.1 Å². The second kappa shape index (κ2) is 5.10. The van der Waals surface area contributed by atoms with Gasteiger partial charge in [0.25, 0.3) is 0 Å². The largest absolute Gasteiger partial charge is 0.381 e. The fourth-order valence-electron chi connectivity index (χ4n) is 1.45. The Kier molecular flexibility index (Phi) is 4.28. The lowest BCUT2D eigenvalue weighted by Crippen LogP contribution is -2.48. The van der Waals surface area contributed by atoms with Gasteiger partial charge in [0.05, 0.1) is 5.69 Å². The summed E-state index contributed by atoms with van der Waals surface area (Å²) >= 11 is 0. The van der Waals surface area contributed by atoms with Crippen molar-refractivity contribution >= 4 is 15.8 Å². The van der Waals surface area contributed by atoms with Crippen LogP contribution in [0.15, 0.2) is 4.90 Å². The van der Waals surface area contributed by atoms with Gasteiger partial charge in [-0.3, -0.25) is 4.68 Å². The summed E-state index contributed by atoms with van der Waals surface area (Å²) < 4.78 is 28.6. The van der Waals surface area contributed by atoms with E-state index in [1.807, 2.05) is 32.8 Å². The number of hydrogen-bond donors (Lipinski definition) is 2. The Bertz CT molecular complexity index is 560. The molecule has 0 bridgehead atoms. The first-order valence-corrected chi connectivity index (χ1v) is 7.43. The van der Waals surface area contributed by atoms with Crippen LogP contribution in [0.3, 0.4) is 0 Å². The number of aryl methyl sites for hydroxylation is 1. The van der Waals surface area contributed by atoms with Crippen molar-refractivity contribution in [3.63, 3.8) is 0 Å². The summed E-state index contributed by atoms with van der Waals surface area (Å²) in [5, 5.41) is 3.92. The monoisotopic (exact) mass is 289 g/mol. The molecule has 7 nitrogen and oxygen atoms in total. The molecule has 1 rings (SSSR count). The topological polar surface area (TPSA) is 93.2 Å². The number of nitrogen functional groups attached to an aromatic ring is 1. The smallest absolute Gasteiger partial charge is 0.246 e. The molecule has 19 heavy (non-hydrogen) atoms. The summed E-state index contributed by atoms with van der Waals surface area (Å²) in [6.07, 6.45) is 0. The highest BCUT2D eigenvalue weighted by Gasteiger charge is 2.28. The molecule has 0 aliphatic carbocycles. The molecule has 0 radical (unpaired) electrons. The lowest BCUT2D eigenvalue weighted by atomic mass is 10.1. The Morgan fingerprint density at radius 2 is 1.95 bits per heavy atom. The average molecular weight is 289 g/mol. The lowest BCUT2D eigenvalue weighted by molar-refractivity contribution is 0.199. The molecule has 1 heterocycles. The summed E-state index contributed by atoms with van der Waals surface area (Å²) in [7, 11) is 1.81. The minimum Gasteiger partial charge on any atom is -0.381 e. The van der Waals surface area contributed by atoms with Gasteiger partial charge in [-0.1, -0.05) is 0 Å². The minimum absolute atomic E-state index is 0.0233. The van der Waals surface area contributed by atoms with Gasteiger partial charge < -0.3 is 10.6 Å². The van der Waals surface area contributed by atoms with Crippen molar-refractivity contribution in [1.29, 1.82) is 0 Å². The maximum atomic E-state index is 12.3. The van der Waals surface area contributed by atoms with E-state index in [0.717, 1.165) is 0 Å². The van der Waals surface area contributed by atoms with E-state index in [2.05, 4.69) is 9.82 Å². The van der Waals surface area contributed by atoms with Crippen molar-refractivity contribution in [3.05, 3.63) is 5.69 Å². The molecule has 0 aromatic carbocycles. The van der Waals surface area contributed by atoms with Crippen molar-refractivity contribution in [2.24, 2.45) is 7.05 Å². The zero-order valence-corrected chi connectivity index (χ0v) is 13.2. The quantitative estimate of drug-likeness (QED) is 0.791. The predicted octanol–water partition coefficient (Wildman–Crippen LogP) is -0.0708. The zero-order valence-electron chi connectivity index (χ0n) is 12.4. The SMILES string of the molecule is Cc1c(S(=O)(=O)NCC(C)(C)N(C)C)c(N)nn1C. The Balaban J connectivity index is 3.01. The first kappa shape index (κ1) is 15.9. The molecule has 3 N–H and O–H groups in total. The number of aromatic nitrogens is 2. The number of nitrogens with one attached hydrogen (secondary N) is 1. The van der Waals surface area contributed by atoms with Crippen LogP contribution in [-0.4, -0.2) is 49.3 Å². The summed E-state index contributed by atoms with van der Waals surface area (Å²) in [6, 6.07) is 0. The van der Waals surface area contributed by atoms with E-state index in [1.54, 1.807) is 14.0 Å². The molecule has 0 saturated carbocycles. The third-order valence-electron chi connectivity index (χ3n) is 3.48. The van der Waals surface area contributed by atoms with Gasteiger partial charge in [-0.2, -0.15) is 5.10 Å². The Hall–Kier alpha value is -1.12. The van der Waals surface area contributed by atoms with Crippen molar-refractivity contribution in [2.75, 3.05) is 26.4 Å². The first-order valence-electron chi connectivity index (χ1n) is 5.95. The first-order chi connectivity index (χ1) is 8.49. The highest BCUT2D eigenvalue weighted by Crippen LogP contribution is 2.21. The van der Waals surface area contributed by atoms with Crippen LogP contribution in [0.25, 0.3) is 0 Å². The van der Waals surface area contributed by atoms with Crippen LogP contribution in [0.1, 0.15) is 19.5 Å². The highest BCUT2D eigenvalue weighted by atomic mass is 32.2. The van der Waals surface area contributed by atoms with Gasteiger partial charge in [-0.15, -0.1) is 0 Å². The third-order valence-corrected chi connectivity index (χ3v) is 5.04. The summed E-state index contributed by atoms with van der Waals surface area (Å²) in [5.41, 5.74) is 5.89. The molecule has 1 aromatic heterocycles. The van der Waals surface area contributed by atoms with Gasteiger partial charge >= 0.3 is 0 Å². The molecule has 0 aliphatic heterocycles. The standard InChI is InChI=1S/C11H23N5O2S/c1-8-9(10(12)14-16(8)6)19(17,18)13-7-11(2,3)15(4)5/h13H,7H2,1-6H3,(H2,12,14). The lowest BCUT2D eigenvalue weighted by Gasteiger charge is -2.32. The van der Waals surface area contributed by atoms with Crippen LogP contribution in [0.5, 0.6) is 0 Å². The fourth-order valence-corrected chi connectivity index (χ4v) is 2.97. The molecule has 0 amide bonds. The number of hydrogen-bond acceptors (Lipinski definition) is 5. The second-order valence-electron chi connectivity index (χ2n) is 5.45. The normalized spacial score (nSPS) is 13.2. The third kappa shape index (κ3) is 3.26. The molecule has 8 heteroatoms. The molecule has 0 saturated heterocycles. The average Bonchev–Trinajstić information content (AvgIpc) is 2.51. The molecular formula is C11H23N5O2S. The number of sulfonamides is 1. The van der Waals surface area contributed by atoms with E-state index in [4.69, 9.17) is 5.73 Å². The molecule has 0 fully saturated rings. The number of likely N-dealkylation sites (N-methyl/N-ethyl adjacent to an activating group) is 1. The molecule has 0 spiro atoms. The van der Waals surface area contributed by atoms with E-state index >= 15 is 0 Å². The maximum absolute atomic E-state index is 12.3. The van der Waals surface area contributed by atoms with E-state index in [0.29, 0.717) is 5.69 Å². The Morgan fingerprint density at radius 3 is 2.32 bits per heavy atom. The number of anilines is 1. The van der Waals surface area contributed by atoms with Crippen LogP contribution in [0.4, 0.5) is 5.82 Å². The highest BCUT2D eigenvalue weighted by molar-refractivity contribution is 7.89.